The summed E-state index contributed by atoms with van der Waals surface area (Å²) in [4.78, 5) is 9.64. The maximum atomic E-state index is 4.67. The van der Waals surface area contributed by atoms with Gasteiger partial charge in [0.2, 0.25) is 0 Å². The Kier molecular flexibility index (Phi) is 4.86. The van der Waals surface area contributed by atoms with Crippen molar-refractivity contribution in [2.45, 2.75) is 29.7 Å². The lowest BCUT2D eigenvalue weighted by molar-refractivity contribution is 0.842. The molecule has 2 aromatic rings. The zero-order chi connectivity index (χ0) is 13.7. The smallest absolute Gasteiger partial charge is 0.127 e. The van der Waals surface area contributed by atoms with Gasteiger partial charge in [0.25, 0.3) is 0 Å². The monoisotopic (exact) mass is 286 g/mol. The van der Waals surface area contributed by atoms with Gasteiger partial charge in [-0.05, 0) is 41.9 Å². The standard InChI is InChI=1S/C15H14N2S2/c1-11(2)12-6-3-4-8-14(12)19-15-13(17-10-18)7-5-9-16-15/h3-9,11H,1-2H3. The largest absolute Gasteiger partial charge is 0.247 e. The number of hydrogen-bond acceptors (Lipinski definition) is 4. The maximum Gasteiger partial charge on any atom is 0.127 e. The number of hydrogen-bond donors (Lipinski definition) is 0. The summed E-state index contributed by atoms with van der Waals surface area (Å²) in [6, 6.07) is 12.1. The predicted molar refractivity (Wildman–Crippen MR) is 83.6 cm³/mol. The SMILES string of the molecule is CC(C)c1ccccc1Sc1ncccc1N=C=S. The number of aliphatic imine (C=N–C) groups is 1. The molecule has 0 N–H and O–H groups in total. The molecule has 0 saturated heterocycles. The van der Waals surface area contributed by atoms with E-state index in [0.29, 0.717) is 5.92 Å². The third kappa shape index (κ3) is 3.51. The summed E-state index contributed by atoms with van der Waals surface area (Å²) < 4.78 is 0. The molecule has 0 unspecified atom stereocenters. The highest BCUT2D eigenvalue weighted by Gasteiger charge is 2.10. The molecule has 0 radical (unpaired) electrons. The fourth-order valence-electron chi connectivity index (χ4n) is 1.75. The van der Waals surface area contributed by atoms with Crippen molar-refractivity contribution < 1.29 is 0 Å². The van der Waals surface area contributed by atoms with Crippen molar-refractivity contribution in [2.24, 2.45) is 4.99 Å². The highest BCUT2D eigenvalue weighted by Crippen LogP contribution is 2.36. The van der Waals surface area contributed by atoms with Crippen LogP contribution in [0.25, 0.3) is 0 Å². The molecular weight excluding hydrogens is 272 g/mol. The van der Waals surface area contributed by atoms with Crippen LogP contribution < -0.4 is 0 Å². The lowest BCUT2D eigenvalue weighted by Crippen LogP contribution is -1.91. The first-order valence-electron chi connectivity index (χ1n) is 6.02. The minimum absolute atomic E-state index is 0.477. The molecule has 4 heteroatoms. The number of benzene rings is 1. The molecule has 1 heterocycles. The van der Waals surface area contributed by atoms with Gasteiger partial charge in [-0.15, -0.1) is 0 Å². The Bertz CT molecular complexity index is 617. The summed E-state index contributed by atoms with van der Waals surface area (Å²) in [5.74, 6) is 0.477. The van der Waals surface area contributed by atoms with Gasteiger partial charge in [-0.2, -0.15) is 4.99 Å². The molecule has 96 valence electrons. The van der Waals surface area contributed by atoms with E-state index < -0.39 is 0 Å². The molecule has 0 spiro atoms. The lowest BCUT2D eigenvalue weighted by Gasteiger charge is -2.12. The van der Waals surface area contributed by atoms with Gasteiger partial charge in [0.1, 0.15) is 10.7 Å². The van der Waals surface area contributed by atoms with Crippen LogP contribution in [0.15, 0.2) is 57.5 Å². The van der Waals surface area contributed by atoms with Crippen LogP contribution in [0.4, 0.5) is 5.69 Å². The van der Waals surface area contributed by atoms with Crippen LogP contribution in [0.1, 0.15) is 25.3 Å². The van der Waals surface area contributed by atoms with E-state index in [1.807, 2.05) is 18.2 Å². The summed E-state index contributed by atoms with van der Waals surface area (Å²) in [7, 11) is 0. The van der Waals surface area contributed by atoms with Crippen molar-refractivity contribution in [2.75, 3.05) is 0 Å². The molecule has 19 heavy (non-hydrogen) atoms. The van der Waals surface area contributed by atoms with Crippen molar-refractivity contribution >= 4 is 34.8 Å². The second-order valence-electron chi connectivity index (χ2n) is 4.33. The van der Waals surface area contributed by atoms with Gasteiger partial charge < -0.3 is 0 Å². The number of aromatic nitrogens is 1. The van der Waals surface area contributed by atoms with Crippen molar-refractivity contribution in [1.29, 1.82) is 0 Å². The molecule has 1 aromatic carbocycles. The van der Waals surface area contributed by atoms with E-state index >= 15 is 0 Å². The lowest BCUT2D eigenvalue weighted by atomic mass is 10.0. The van der Waals surface area contributed by atoms with Gasteiger partial charge in [0, 0.05) is 11.1 Å². The quantitative estimate of drug-likeness (QED) is 0.578. The molecule has 0 aliphatic carbocycles. The number of thiocarbonyl (C=S) groups is 1. The molecule has 0 aliphatic rings. The van der Waals surface area contributed by atoms with Gasteiger partial charge in [-0.3, -0.25) is 0 Å². The van der Waals surface area contributed by atoms with Crippen molar-refractivity contribution in [3.63, 3.8) is 0 Å². The molecule has 0 saturated carbocycles. The summed E-state index contributed by atoms with van der Waals surface area (Å²) in [5.41, 5.74) is 2.08. The van der Waals surface area contributed by atoms with E-state index in [4.69, 9.17) is 0 Å². The fourth-order valence-corrected chi connectivity index (χ4v) is 2.96. The van der Waals surface area contributed by atoms with E-state index in [2.05, 4.69) is 59.4 Å². The van der Waals surface area contributed by atoms with Gasteiger partial charge in [-0.25, -0.2) is 4.98 Å². The highest BCUT2D eigenvalue weighted by atomic mass is 32.2. The van der Waals surface area contributed by atoms with E-state index in [1.165, 1.54) is 10.5 Å². The normalized spacial score (nSPS) is 10.3. The Hall–Kier alpha value is -1.48. The molecule has 2 nitrogen and oxygen atoms in total. The fraction of sp³-hybridized carbons (Fsp3) is 0.200. The number of nitrogens with zero attached hydrogens (tertiary/aromatic N) is 2. The zero-order valence-corrected chi connectivity index (χ0v) is 12.5. The Labute approximate surface area is 123 Å². The van der Waals surface area contributed by atoms with E-state index in [1.54, 1.807) is 18.0 Å². The van der Waals surface area contributed by atoms with E-state index in [-0.39, 0.29) is 0 Å². The molecule has 2 rings (SSSR count). The molecule has 0 aliphatic heterocycles. The van der Waals surface area contributed by atoms with Crippen LogP contribution in [0.3, 0.4) is 0 Å². The van der Waals surface area contributed by atoms with Gasteiger partial charge in [0.05, 0.1) is 5.16 Å². The van der Waals surface area contributed by atoms with E-state index in [0.717, 1.165) is 10.7 Å². The molecule has 0 amide bonds. The van der Waals surface area contributed by atoms with Crippen LogP contribution in [-0.2, 0) is 0 Å². The average molecular weight is 286 g/mol. The van der Waals surface area contributed by atoms with Crippen molar-refractivity contribution in [3.05, 3.63) is 48.2 Å². The van der Waals surface area contributed by atoms with Gasteiger partial charge in [0.15, 0.2) is 0 Å². The first kappa shape index (κ1) is 13.9. The highest BCUT2D eigenvalue weighted by molar-refractivity contribution is 7.99. The Morgan fingerprint density at radius 2 is 2.00 bits per heavy atom. The van der Waals surface area contributed by atoms with E-state index in [9.17, 15) is 0 Å². The zero-order valence-electron chi connectivity index (χ0n) is 10.8. The van der Waals surface area contributed by atoms with Crippen LogP contribution in [0, 0.1) is 0 Å². The topological polar surface area (TPSA) is 25.2 Å². The van der Waals surface area contributed by atoms with Gasteiger partial charge in [-0.1, -0.05) is 43.8 Å². The minimum atomic E-state index is 0.477. The van der Waals surface area contributed by atoms with Crippen molar-refractivity contribution in [3.8, 4) is 0 Å². The van der Waals surface area contributed by atoms with Gasteiger partial charge >= 0.3 is 0 Å². The molecule has 0 bridgehead atoms. The first-order chi connectivity index (χ1) is 9.22. The molecule has 0 atom stereocenters. The summed E-state index contributed by atoms with van der Waals surface area (Å²) in [5, 5.41) is 3.26. The molecule has 0 fully saturated rings. The third-order valence-corrected chi connectivity index (χ3v) is 3.86. The second-order valence-corrected chi connectivity index (χ2v) is 5.54. The number of isothiocyanates is 1. The third-order valence-electron chi connectivity index (χ3n) is 2.66. The predicted octanol–water partition coefficient (Wildman–Crippen LogP) is 5.09. The minimum Gasteiger partial charge on any atom is -0.247 e. The average Bonchev–Trinajstić information content (AvgIpc) is 2.42. The Balaban J connectivity index is 2.39. The first-order valence-corrected chi connectivity index (χ1v) is 7.24. The van der Waals surface area contributed by atoms with Crippen LogP contribution in [0.5, 0.6) is 0 Å². The summed E-state index contributed by atoms with van der Waals surface area (Å²) in [6.07, 6.45) is 1.77. The van der Waals surface area contributed by atoms with Crippen LogP contribution in [0.2, 0.25) is 0 Å². The maximum absolute atomic E-state index is 4.67. The number of rotatable bonds is 4. The summed E-state index contributed by atoms with van der Waals surface area (Å²) in [6.45, 7) is 4.38. The van der Waals surface area contributed by atoms with Crippen LogP contribution >= 0.6 is 24.0 Å². The Morgan fingerprint density at radius 1 is 1.21 bits per heavy atom. The van der Waals surface area contributed by atoms with Crippen molar-refractivity contribution in [1.82, 2.24) is 4.98 Å². The molecule has 1 aromatic heterocycles. The van der Waals surface area contributed by atoms with Crippen LogP contribution in [-0.4, -0.2) is 10.1 Å². The number of pyridine rings is 1. The molecular formula is C15H14N2S2. The second kappa shape index (κ2) is 6.62. The Morgan fingerprint density at radius 3 is 2.74 bits per heavy atom. The summed E-state index contributed by atoms with van der Waals surface area (Å²) >= 11 is 6.29.